The molecule has 0 spiro atoms. The van der Waals surface area contributed by atoms with Gasteiger partial charge >= 0.3 is 5.69 Å². The van der Waals surface area contributed by atoms with Crippen molar-refractivity contribution in [3.63, 3.8) is 0 Å². The van der Waals surface area contributed by atoms with E-state index in [1.807, 2.05) is 20.8 Å². The van der Waals surface area contributed by atoms with Gasteiger partial charge in [-0.1, -0.05) is 6.92 Å². The van der Waals surface area contributed by atoms with Gasteiger partial charge in [0.15, 0.2) is 0 Å². The molecule has 0 saturated carbocycles. The molecule has 1 heterocycles. The third-order valence-electron chi connectivity index (χ3n) is 2.80. The maximum absolute atomic E-state index is 11.3. The number of rotatable bonds is 8. The summed E-state index contributed by atoms with van der Waals surface area (Å²) in [6.45, 7) is 6.21. The van der Waals surface area contributed by atoms with Crippen LogP contribution in [0.4, 0.5) is 17.3 Å². The normalized spacial score (nSPS) is 13.6. The molecule has 0 fully saturated rings. The largest absolute Gasteiger partial charge is 0.383 e. The van der Waals surface area contributed by atoms with Crippen LogP contribution >= 0.6 is 0 Å². The number of nitrogens with one attached hydrogen (secondary N) is 2. The first-order valence-electron chi connectivity index (χ1n) is 6.50. The molecule has 0 saturated heterocycles. The lowest BCUT2D eigenvalue weighted by Gasteiger charge is -2.16. The smallest absolute Gasteiger partial charge is 0.353 e. The van der Waals surface area contributed by atoms with Crippen LogP contribution in [-0.2, 0) is 4.74 Å². The van der Waals surface area contributed by atoms with Crippen molar-refractivity contribution in [3.05, 3.63) is 16.4 Å². The van der Waals surface area contributed by atoms with E-state index in [0.717, 1.165) is 6.42 Å². The zero-order valence-corrected chi connectivity index (χ0v) is 12.2. The Kier molecular flexibility index (Phi) is 6.10. The molecule has 112 valence electrons. The summed E-state index contributed by atoms with van der Waals surface area (Å²) < 4.78 is 5.00. The molecule has 0 aliphatic rings. The fourth-order valence-electron chi connectivity index (χ4n) is 1.62. The van der Waals surface area contributed by atoms with Crippen molar-refractivity contribution in [1.82, 2.24) is 9.97 Å². The van der Waals surface area contributed by atoms with Gasteiger partial charge in [0.05, 0.1) is 11.5 Å². The first kappa shape index (κ1) is 16.1. The van der Waals surface area contributed by atoms with E-state index >= 15 is 0 Å². The number of hydrogen-bond acceptors (Lipinski definition) is 7. The van der Waals surface area contributed by atoms with Crippen LogP contribution in [-0.4, -0.2) is 40.7 Å². The van der Waals surface area contributed by atoms with Gasteiger partial charge in [-0.2, -0.15) is 0 Å². The van der Waals surface area contributed by atoms with Gasteiger partial charge in [-0.25, -0.2) is 9.97 Å². The van der Waals surface area contributed by atoms with E-state index in [9.17, 15) is 10.1 Å². The molecular formula is C12H21N5O3. The third kappa shape index (κ3) is 4.30. The Hall–Kier alpha value is -1.96. The van der Waals surface area contributed by atoms with Crippen molar-refractivity contribution >= 4 is 17.3 Å². The first-order valence-corrected chi connectivity index (χ1v) is 6.50. The lowest BCUT2D eigenvalue weighted by Crippen LogP contribution is -2.23. The fourth-order valence-corrected chi connectivity index (χ4v) is 1.62. The van der Waals surface area contributed by atoms with Gasteiger partial charge in [0.1, 0.15) is 6.33 Å². The molecule has 1 aromatic heterocycles. The quantitative estimate of drug-likeness (QED) is 0.556. The molecule has 2 atom stereocenters. The number of anilines is 2. The summed E-state index contributed by atoms with van der Waals surface area (Å²) in [5, 5.41) is 17.3. The van der Waals surface area contributed by atoms with Gasteiger partial charge in [-0.05, 0) is 20.3 Å². The molecule has 0 aliphatic heterocycles. The lowest BCUT2D eigenvalue weighted by molar-refractivity contribution is -0.383. The average Bonchev–Trinajstić information content (AvgIpc) is 2.38. The molecule has 0 bridgehead atoms. The summed E-state index contributed by atoms with van der Waals surface area (Å²) in [5.41, 5.74) is -0.143. The highest BCUT2D eigenvalue weighted by molar-refractivity contribution is 5.69. The van der Waals surface area contributed by atoms with E-state index in [4.69, 9.17) is 4.74 Å². The fraction of sp³-hybridized carbons (Fsp3) is 0.667. The highest BCUT2D eigenvalue weighted by Crippen LogP contribution is 2.29. The SMILES string of the molecule is CCC(C)Nc1ncnc(NC(C)COC)c1[N+](=O)[O-]. The predicted octanol–water partition coefficient (Wildman–Crippen LogP) is 2.04. The summed E-state index contributed by atoms with van der Waals surface area (Å²) in [4.78, 5) is 18.7. The van der Waals surface area contributed by atoms with E-state index < -0.39 is 4.92 Å². The van der Waals surface area contributed by atoms with Crippen LogP contribution in [0.15, 0.2) is 6.33 Å². The summed E-state index contributed by atoms with van der Waals surface area (Å²) in [6.07, 6.45) is 2.14. The van der Waals surface area contributed by atoms with Gasteiger partial charge < -0.3 is 15.4 Å². The third-order valence-corrected chi connectivity index (χ3v) is 2.80. The molecule has 1 aromatic rings. The van der Waals surface area contributed by atoms with E-state index in [0.29, 0.717) is 6.61 Å². The second-order valence-electron chi connectivity index (χ2n) is 4.63. The molecule has 0 amide bonds. The molecule has 0 radical (unpaired) electrons. The van der Waals surface area contributed by atoms with Crippen molar-refractivity contribution in [3.8, 4) is 0 Å². The summed E-state index contributed by atoms with van der Waals surface area (Å²) in [6, 6.07) is -0.00195. The molecule has 2 N–H and O–H groups in total. The number of nitrogens with zero attached hydrogens (tertiary/aromatic N) is 3. The van der Waals surface area contributed by atoms with Crippen molar-refractivity contribution < 1.29 is 9.66 Å². The van der Waals surface area contributed by atoms with Crippen LogP contribution in [0.25, 0.3) is 0 Å². The van der Waals surface area contributed by atoms with E-state index in [1.54, 1.807) is 7.11 Å². The van der Waals surface area contributed by atoms with Crippen molar-refractivity contribution in [2.45, 2.75) is 39.3 Å². The van der Waals surface area contributed by atoms with Gasteiger partial charge in [0, 0.05) is 19.2 Å². The molecule has 20 heavy (non-hydrogen) atoms. The van der Waals surface area contributed by atoms with Gasteiger partial charge in [-0.3, -0.25) is 10.1 Å². The Morgan fingerprint density at radius 2 is 1.85 bits per heavy atom. The minimum Gasteiger partial charge on any atom is -0.383 e. The average molecular weight is 283 g/mol. The Labute approximate surface area is 118 Å². The minimum atomic E-state index is -0.480. The zero-order valence-electron chi connectivity index (χ0n) is 12.2. The number of hydrogen-bond donors (Lipinski definition) is 2. The summed E-state index contributed by atoms with van der Waals surface area (Å²) in [5.74, 6) is 0.423. The van der Waals surface area contributed by atoms with Crippen LogP contribution < -0.4 is 10.6 Å². The van der Waals surface area contributed by atoms with Crippen LogP contribution in [0.3, 0.4) is 0 Å². The molecule has 0 aromatic carbocycles. The van der Waals surface area contributed by atoms with Crippen LogP contribution in [0.1, 0.15) is 27.2 Å². The second-order valence-corrected chi connectivity index (χ2v) is 4.63. The number of nitro groups is 1. The second kappa shape index (κ2) is 7.59. The Balaban J connectivity index is 3.05. The highest BCUT2D eigenvalue weighted by Gasteiger charge is 2.24. The van der Waals surface area contributed by atoms with Crippen molar-refractivity contribution in [2.75, 3.05) is 24.4 Å². The van der Waals surface area contributed by atoms with Crippen LogP contribution in [0.2, 0.25) is 0 Å². The molecular weight excluding hydrogens is 262 g/mol. The molecule has 1 rings (SSSR count). The minimum absolute atomic E-state index is 0.0906. The van der Waals surface area contributed by atoms with E-state index in [2.05, 4.69) is 20.6 Å². The molecule has 2 unspecified atom stereocenters. The van der Waals surface area contributed by atoms with Crippen molar-refractivity contribution in [1.29, 1.82) is 0 Å². The lowest BCUT2D eigenvalue weighted by atomic mass is 10.2. The van der Waals surface area contributed by atoms with Gasteiger partial charge in [0.25, 0.3) is 0 Å². The van der Waals surface area contributed by atoms with Crippen LogP contribution in [0.5, 0.6) is 0 Å². The zero-order chi connectivity index (χ0) is 15.1. The number of ether oxygens (including phenoxy) is 1. The monoisotopic (exact) mass is 283 g/mol. The Bertz CT molecular complexity index is 455. The topological polar surface area (TPSA) is 102 Å². The Morgan fingerprint density at radius 3 is 2.30 bits per heavy atom. The first-order chi connectivity index (χ1) is 9.49. The van der Waals surface area contributed by atoms with E-state index in [1.165, 1.54) is 6.33 Å². The summed E-state index contributed by atoms with van der Waals surface area (Å²) in [7, 11) is 1.57. The van der Waals surface area contributed by atoms with Crippen molar-refractivity contribution in [2.24, 2.45) is 0 Å². The van der Waals surface area contributed by atoms with E-state index in [-0.39, 0.29) is 29.4 Å². The molecule has 0 aliphatic carbocycles. The van der Waals surface area contributed by atoms with Gasteiger partial charge in [-0.15, -0.1) is 0 Å². The summed E-state index contributed by atoms with van der Waals surface area (Å²) >= 11 is 0. The van der Waals surface area contributed by atoms with Gasteiger partial charge in [0.2, 0.25) is 11.6 Å². The maximum Gasteiger partial charge on any atom is 0.353 e. The van der Waals surface area contributed by atoms with Crippen LogP contribution in [0, 0.1) is 10.1 Å². The number of aromatic nitrogens is 2. The molecule has 8 nitrogen and oxygen atoms in total. The highest BCUT2D eigenvalue weighted by atomic mass is 16.6. The Morgan fingerprint density at radius 1 is 1.30 bits per heavy atom. The predicted molar refractivity (Wildman–Crippen MR) is 77.0 cm³/mol. The number of methoxy groups -OCH3 is 1. The molecule has 8 heteroatoms. The standard InChI is InChI=1S/C12H21N5O3/c1-5-8(2)15-11-10(17(18)19)12(14-7-13-11)16-9(3)6-20-4/h7-9H,5-6H2,1-4H3,(H2,13,14,15,16). The maximum atomic E-state index is 11.3.